The highest BCUT2D eigenvalue weighted by Gasteiger charge is 1.93. The van der Waals surface area contributed by atoms with Gasteiger partial charge in [0.15, 0.2) is 0 Å². The van der Waals surface area contributed by atoms with Crippen LogP contribution in [0.2, 0.25) is 0 Å². The van der Waals surface area contributed by atoms with Crippen molar-refractivity contribution < 1.29 is 0 Å². The third-order valence-corrected chi connectivity index (χ3v) is 1.75. The van der Waals surface area contributed by atoms with Crippen molar-refractivity contribution in [1.29, 1.82) is 0 Å². The quantitative estimate of drug-likeness (QED) is 0.635. The second kappa shape index (κ2) is 5.64. The summed E-state index contributed by atoms with van der Waals surface area (Å²) in [6, 6.07) is 6.04. The molecular formula is C11H19N. The fourth-order valence-corrected chi connectivity index (χ4v) is 1.07. The number of anilines is 1. The van der Waals surface area contributed by atoms with E-state index in [1.165, 1.54) is 11.1 Å². The van der Waals surface area contributed by atoms with Gasteiger partial charge in [0, 0.05) is 5.69 Å². The molecule has 1 heteroatoms. The van der Waals surface area contributed by atoms with Crippen LogP contribution in [0.5, 0.6) is 0 Å². The fourth-order valence-electron chi connectivity index (χ4n) is 1.07. The topological polar surface area (TPSA) is 26.0 Å². The molecule has 0 fully saturated rings. The average molecular weight is 165 g/mol. The second-order valence-corrected chi connectivity index (χ2v) is 2.54. The minimum absolute atomic E-state index is 0.863. The maximum Gasteiger partial charge on any atom is 0.0316 e. The van der Waals surface area contributed by atoms with E-state index in [0.717, 1.165) is 12.1 Å². The number of aryl methyl sites for hydroxylation is 2. The lowest BCUT2D eigenvalue weighted by atomic mass is 10.1. The van der Waals surface area contributed by atoms with Crippen LogP contribution < -0.4 is 5.73 Å². The summed E-state index contributed by atoms with van der Waals surface area (Å²) in [5, 5.41) is 0. The van der Waals surface area contributed by atoms with Gasteiger partial charge in [0.05, 0.1) is 0 Å². The van der Waals surface area contributed by atoms with E-state index in [1.54, 1.807) is 0 Å². The van der Waals surface area contributed by atoms with Crippen molar-refractivity contribution in [3.05, 3.63) is 29.3 Å². The molecule has 1 aromatic carbocycles. The molecule has 0 spiro atoms. The second-order valence-electron chi connectivity index (χ2n) is 2.54. The Morgan fingerprint density at radius 3 is 2.25 bits per heavy atom. The molecule has 1 nitrogen and oxygen atoms in total. The summed E-state index contributed by atoms with van der Waals surface area (Å²) in [5.41, 5.74) is 9.14. The van der Waals surface area contributed by atoms with Crippen LogP contribution in [0.1, 0.15) is 31.9 Å². The molecule has 0 atom stereocenters. The molecule has 0 aromatic heterocycles. The van der Waals surface area contributed by atoms with E-state index in [1.807, 2.05) is 26.0 Å². The first-order valence-corrected chi connectivity index (χ1v) is 4.59. The van der Waals surface area contributed by atoms with E-state index in [0.29, 0.717) is 0 Å². The first-order valence-electron chi connectivity index (χ1n) is 4.59. The normalized spacial score (nSPS) is 8.67. The Hall–Kier alpha value is -0.980. The van der Waals surface area contributed by atoms with Crippen molar-refractivity contribution in [1.82, 2.24) is 0 Å². The highest BCUT2D eigenvalue weighted by Crippen LogP contribution is 2.12. The van der Waals surface area contributed by atoms with Crippen molar-refractivity contribution in [3.8, 4) is 0 Å². The lowest BCUT2D eigenvalue weighted by Crippen LogP contribution is -1.90. The van der Waals surface area contributed by atoms with Crippen molar-refractivity contribution in [3.63, 3.8) is 0 Å². The van der Waals surface area contributed by atoms with Gasteiger partial charge in [-0.15, -0.1) is 0 Å². The summed E-state index contributed by atoms with van der Waals surface area (Å²) >= 11 is 0. The summed E-state index contributed by atoms with van der Waals surface area (Å²) in [4.78, 5) is 0. The molecule has 0 aliphatic rings. The molecule has 0 aliphatic carbocycles. The van der Waals surface area contributed by atoms with E-state index in [9.17, 15) is 0 Å². The largest absolute Gasteiger partial charge is 0.399 e. The molecule has 0 saturated heterocycles. The highest BCUT2D eigenvalue weighted by atomic mass is 14.5. The minimum Gasteiger partial charge on any atom is -0.399 e. The van der Waals surface area contributed by atoms with Gasteiger partial charge in [0.25, 0.3) is 0 Å². The summed E-state index contributed by atoms with van der Waals surface area (Å²) < 4.78 is 0. The smallest absolute Gasteiger partial charge is 0.0316 e. The van der Waals surface area contributed by atoms with Gasteiger partial charge in [0.1, 0.15) is 0 Å². The molecule has 68 valence electrons. The molecule has 1 aromatic rings. The van der Waals surface area contributed by atoms with Gasteiger partial charge in [-0.3, -0.25) is 0 Å². The van der Waals surface area contributed by atoms with Gasteiger partial charge < -0.3 is 5.73 Å². The van der Waals surface area contributed by atoms with Crippen LogP contribution in [0.3, 0.4) is 0 Å². The SMILES string of the molecule is CC.CCc1cc(N)ccc1C. The molecule has 0 radical (unpaired) electrons. The van der Waals surface area contributed by atoms with Gasteiger partial charge in [-0.05, 0) is 36.6 Å². The number of hydrogen-bond donors (Lipinski definition) is 1. The molecule has 0 saturated carbocycles. The number of nitrogen functional groups attached to an aromatic ring is 1. The van der Waals surface area contributed by atoms with Crippen LogP contribution >= 0.6 is 0 Å². The van der Waals surface area contributed by atoms with E-state index in [2.05, 4.69) is 19.9 Å². The predicted molar refractivity (Wildman–Crippen MR) is 56.3 cm³/mol. The maximum absolute atomic E-state index is 5.60. The van der Waals surface area contributed by atoms with Crippen LogP contribution in [0, 0.1) is 6.92 Å². The molecule has 0 amide bonds. The third-order valence-electron chi connectivity index (χ3n) is 1.75. The molecular weight excluding hydrogens is 146 g/mol. The molecule has 0 bridgehead atoms. The van der Waals surface area contributed by atoms with Crippen molar-refractivity contribution in [2.24, 2.45) is 0 Å². The molecule has 0 aliphatic heterocycles. The van der Waals surface area contributed by atoms with Crippen LogP contribution in [0.4, 0.5) is 5.69 Å². The van der Waals surface area contributed by atoms with Gasteiger partial charge in [-0.25, -0.2) is 0 Å². The number of rotatable bonds is 1. The molecule has 12 heavy (non-hydrogen) atoms. The highest BCUT2D eigenvalue weighted by molar-refractivity contribution is 5.44. The Bertz CT molecular complexity index is 228. The lowest BCUT2D eigenvalue weighted by Gasteiger charge is -2.02. The van der Waals surface area contributed by atoms with Gasteiger partial charge >= 0.3 is 0 Å². The monoisotopic (exact) mass is 165 g/mol. The molecule has 2 N–H and O–H groups in total. The van der Waals surface area contributed by atoms with Crippen LogP contribution in [-0.4, -0.2) is 0 Å². The number of hydrogen-bond acceptors (Lipinski definition) is 1. The van der Waals surface area contributed by atoms with Gasteiger partial charge in [-0.2, -0.15) is 0 Å². The Kier molecular flexibility index (Phi) is 5.18. The number of nitrogens with two attached hydrogens (primary N) is 1. The number of benzene rings is 1. The first kappa shape index (κ1) is 11.0. The van der Waals surface area contributed by atoms with E-state index in [4.69, 9.17) is 5.73 Å². The zero-order valence-electron chi connectivity index (χ0n) is 8.52. The van der Waals surface area contributed by atoms with Crippen molar-refractivity contribution in [2.75, 3.05) is 5.73 Å². The van der Waals surface area contributed by atoms with Gasteiger partial charge in [0.2, 0.25) is 0 Å². The van der Waals surface area contributed by atoms with Crippen LogP contribution in [0.25, 0.3) is 0 Å². The zero-order valence-corrected chi connectivity index (χ0v) is 8.52. The van der Waals surface area contributed by atoms with E-state index >= 15 is 0 Å². The van der Waals surface area contributed by atoms with E-state index < -0.39 is 0 Å². The molecule has 0 heterocycles. The summed E-state index contributed by atoms with van der Waals surface area (Å²) in [6.07, 6.45) is 1.07. The average Bonchev–Trinajstić information content (AvgIpc) is 2.13. The van der Waals surface area contributed by atoms with Gasteiger partial charge in [-0.1, -0.05) is 26.8 Å². The Labute approximate surface area is 75.6 Å². The van der Waals surface area contributed by atoms with Crippen molar-refractivity contribution in [2.45, 2.75) is 34.1 Å². The van der Waals surface area contributed by atoms with Crippen LogP contribution in [-0.2, 0) is 6.42 Å². The van der Waals surface area contributed by atoms with E-state index in [-0.39, 0.29) is 0 Å². The summed E-state index contributed by atoms with van der Waals surface area (Å²) in [5.74, 6) is 0. The Morgan fingerprint density at radius 2 is 1.83 bits per heavy atom. The molecule has 1 rings (SSSR count). The Balaban J connectivity index is 0.000000561. The first-order chi connectivity index (χ1) is 5.74. The maximum atomic E-state index is 5.60. The van der Waals surface area contributed by atoms with Crippen molar-refractivity contribution >= 4 is 5.69 Å². The predicted octanol–water partition coefficient (Wildman–Crippen LogP) is 3.17. The Morgan fingerprint density at radius 1 is 1.25 bits per heavy atom. The fraction of sp³-hybridized carbons (Fsp3) is 0.455. The minimum atomic E-state index is 0.863. The summed E-state index contributed by atoms with van der Waals surface area (Å²) in [6.45, 7) is 8.25. The standard InChI is InChI=1S/C9H13N.C2H6/c1-3-8-6-9(10)5-4-7(8)2;1-2/h4-6H,3,10H2,1-2H3;1-2H3. The zero-order chi connectivity index (χ0) is 9.56. The summed E-state index contributed by atoms with van der Waals surface area (Å²) in [7, 11) is 0. The van der Waals surface area contributed by atoms with Crippen LogP contribution in [0.15, 0.2) is 18.2 Å². The third kappa shape index (κ3) is 2.95. The molecule has 0 unspecified atom stereocenters. The lowest BCUT2D eigenvalue weighted by molar-refractivity contribution is 1.11.